The van der Waals surface area contributed by atoms with E-state index in [1.165, 1.54) is 0 Å². The van der Waals surface area contributed by atoms with E-state index in [0.717, 1.165) is 29.9 Å². The van der Waals surface area contributed by atoms with Crippen LogP contribution in [0.2, 0.25) is 0 Å². The minimum Gasteiger partial charge on any atom is -0.352 e. The number of halogens is 1. The summed E-state index contributed by atoms with van der Waals surface area (Å²) in [6.07, 6.45) is 2.73. The van der Waals surface area contributed by atoms with Crippen LogP contribution in [-0.2, 0) is 11.2 Å². The normalized spacial score (nSPS) is 17.3. The molecule has 0 unspecified atom stereocenters. The van der Waals surface area contributed by atoms with Crippen molar-refractivity contribution in [2.24, 2.45) is 5.73 Å². The second-order valence-corrected chi connectivity index (χ2v) is 5.92. The zero-order valence-electron chi connectivity index (χ0n) is 10.9. The Morgan fingerprint density at radius 2 is 1.95 bits per heavy atom. The Morgan fingerprint density at radius 3 is 2.58 bits per heavy atom. The van der Waals surface area contributed by atoms with Gasteiger partial charge in [-0.15, -0.1) is 12.4 Å². The number of hydrogen-bond acceptors (Lipinski definition) is 3. The minimum absolute atomic E-state index is 0. The average molecular weight is 301 g/mol. The third-order valence-electron chi connectivity index (χ3n) is 3.20. The van der Waals surface area contributed by atoms with Crippen LogP contribution >= 0.6 is 24.2 Å². The van der Waals surface area contributed by atoms with Crippen molar-refractivity contribution in [3.63, 3.8) is 0 Å². The van der Waals surface area contributed by atoms with Crippen LogP contribution in [0, 0.1) is 0 Å². The maximum absolute atomic E-state index is 12.0. The highest BCUT2D eigenvalue weighted by molar-refractivity contribution is 7.99. The maximum Gasteiger partial charge on any atom is 0.237 e. The lowest BCUT2D eigenvalue weighted by atomic mass is 10.1. The number of nitrogens with one attached hydrogen (secondary N) is 1. The van der Waals surface area contributed by atoms with Crippen LogP contribution in [0.25, 0.3) is 0 Å². The summed E-state index contributed by atoms with van der Waals surface area (Å²) in [6.45, 7) is 0. The van der Waals surface area contributed by atoms with Crippen LogP contribution in [0.3, 0.4) is 0 Å². The molecule has 1 aromatic rings. The number of rotatable bonds is 4. The second kappa shape index (κ2) is 8.46. The third-order valence-corrected chi connectivity index (χ3v) is 4.25. The predicted octanol–water partition coefficient (Wildman–Crippen LogP) is 1.99. The number of amides is 1. The second-order valence-electron chi connectivity index (χ2n) is 4.69. The van der Waals surface area contributed by atoms with Gasteiger partial charge in [-0.25, -0.2) is 0 Å². The highest BCUT2D eigenvalue weighted by atomic mass is 35.5. The lowest BCUT2D eigenvalue weighted by Gasteiger charge is -2.24. The molecule has 1 amide bonds. The van der Waals surface area contributed by atoms with E-state index in [1.807, 2.05) is 42.1 Å². The van der Waals surface area contributed by atoms with Crippen LogP contribution in [0.1, 0.15) is 18.4 Å². The molecule has 1 fully saturated rings. The first-order valence-corrected chi connectivity index (χ1v) is 7.59. The molecule has 3 N–H and O–H groups in total. The Kier molecular flexibility index (Phi) is 7.28. The molecule has 1 heterocycles. The van der Waals surface area contributed by atoms with Crippen LogP contribution in [-0.4, -0.2) is 29.5 Å². The number of nitrogens with two attached hydrogens (primary N) is 1. The minimum atomic E-state index is -0.443. The molecule has 0 bridgehead atoms. The first-order valence-electron chi connectivity index (χ1n) is 6.43. The van der Waals surface area contributed by atoms with E-state index in [-0.39, 0.29) is 18.3 Å². The Hall–Kier alpha value is -0.710. The summed E-state index contributed by atoms with van der Waals surface area (Å²) in [5, 5.41) is 3.06. The number of carbonyl (C=O) groups is 1. The Balaban J connectivity index is 0.00000180. The van der Waals surface area contributed by atoms with Gasteiger partial charge in [0, 0.05) is 6.04 Å². The lowest BCUT2D eigenvalue weighted by Crippen LogP contribution is -2.47. The number of benzene rings is 1. The molecule has 19 heavy (non-hydrogen) atoms. The van der Waals surface area contributed by atoms with Gasteiger partial charge in [-0.2, -0.15) is 11.8 Å². The van der Waals surface area contributed by atoms with Gasteiger partial charge in [-0.05, 0) is 36.3 Å². The van der Waals surface area contributed by atoms with Crippen molar-refractivity contribution in [1.29, 1.82) is 0 Å². The summed E-state index contributed by atoms with van der Waals surface area (Å²) >= 11 is 1.95. The van der Waals surface area contributed by atoms with Crippen molar-refractivity contribution in [2.45, 2.75) is 31.3 Å². The molecular weight excluding hydrogens is 280 g/mol. The zero-order chi connectivity index (χ0) is 12.8. The summed E-state index contributed by atoms with van der Waals surface area (Å²) in [7, 11) is 0. The van der Waals surface area contributed by atoms with Crippen LogP contribution < -0.4 is 11.1 Å². The largest absolute Gasteiger partial charge is 0.352 e. The molecule has 1 atom stereocenters. The Morgan fingerprint density at radius 1 is 1.32 bits per heavy atom. The van der Waals surface area contributed by atoms with Gasteiger partial charge < -0.3 is 11.1 Å². The highest BCUT2D eigenvalue weighted by Gasteiger charge is 2.20. The smallest absolute Gasteiger partial charge is 0.237 e. The van der Waals surface area contributed by atoms with Gasteiger partial charge in [0.25, 0.3) is 0 Å². The van der Waals surface area contributed by atoms with E-state index in [1.54, 1.807) is 0 Å². The summed E-state index contributed by atoms with van der Waals surface area (Å²) in [5.74, 6) is 2.26. The van der Waals surface area contributed by atoms with Crippen molar-refractivity contribution in [3.8, 4) is 0 Å². The SMILES string of the molecule is Cl.N[C@@H](Cc1ccccc1)C(=O)NC1CCSCC1. The van der Waals surface area contributed by atoms with Gasteiger partial charge >= 0.3 is 0 Å². The molecule has 0 radical (unpaired) electrons. The van der Waals surface area contributed by atoms with Crippen molar-refractivity contribution in [1.82, 2.24) is 5.32 Å². The summed E-state index contributed by atoms with van der Waals surface area (Å²) < 4.78 is 0. The van der Waals surface area contributed by atoms with Gasteiger partial charge in [0.1, 0.15) is 0 Å². The van der Waals surface area contributed by atoms with E-state index in [0.29, 0.717) is 12.5 Å². The number of hydrogen-bond donors (Lipinski definition) is 2. The fourth-order valence-electron chi connectivity index (χ4n) is 2.11. The van der Waals surface area contributed by atoms with Gasteiger partial charge in [-0.1, -0.05) is 30.3 Å². The van der Waals surface area contributed by atoms with E-state index >= 15 is 0 Å². The summed E-state index contributed by atoms with van der Waals surface area (Å²) in [4.78, 5) is 12.0. The molecular formula is C14H21ClN2OS. The molecule has 106 valence electrons. The molecule has 0 aliphatic carbocycles. The predicted molar refractivity (Wildman–Crippen MR) is 83.9 cm³/mol. The molecule has 0 aromatic heterocycles. The van der Waals surface area contributed by atoms with Crippen LogP contribution in [0.5, 0.6) is 0 Å². The topological polar surface area (TPSA) is 55.1 Å². The number of carbonyl (C=O) groups excluding carboxylic acids is 1. The van der Waals surface area contributed by atoms with Gasteiger partial charge in [-0.3, -0.25) is 4.79 Å². The van der Waals surface area contributed by atoms with E-state index < -0.39 is 6.04 Å². The zero-order valence-corrected chi connectivity index (χ0v) is 12.5. The average Bonchev–Trinajstić information content (AvgIpc) is 2.41. The van der Waals surface area contributed by atoms with Crippen LogP contribution in [0.15, 0.2) is 30.3 Å². The van der Waals surface area contributed by atoms with Gasteiger partial charge in [0.2, 0.25) is 5.91 Å². The van der Waals surface area contributed by atoms with Gasteiger partial charge in [0.05, 0.1) is 6.04 Å². The third kappa shape index (κ3) is 5.43. The summed E-state index contributed by atoms with van der Waals surface area (Å²) in [6, 6.07) is 9.79. The van der Waals surface area contributed by atoms with E-state index in [9.17, 15) is 4.79 Å². The van der Waals surface area contributed by atoms with Crippen molar-refractivity contribution in [2.75, 3.05) is 11.5 Å². The highest BCUT2D eigenvalue weighted by Crippen LogP contribution is 2.17. The lowest BCUT2D eigenvalue weighted by molar-refractivity contribution is -0.123. The molecule has 0 saturated carbocycles. The summed E-state index contributed by atoms with van der Waals surface area (Å²) in [5.41, 5.74) is 7.06. The molecule has 5 heteroatoms. The molecule has 1 aliphatic heterocycles. The number of thioether (sulfide) groups is 1. The first kappa shape index (κ1) is 16.3. The van der Waals surface area contributed by atoms with Gasteiger partial charge in [0.15, 0.2) is 0 Å². The quantitative estimate of drug-likeness (QED) is 0.894. The molecule has 1 aliphatic rings. The molecule has 2 rings (SSSR count). The van der Waals surface area contributed by atoms with Crippen LogP contribution in [0.4, 0.5) is 0 Å². The fraction of sp³-hybridized carbons (Fsp3) is 0.500. The molecule has 1 aromatic carbocycles. The fourth-order valence-corrected chi connectivity index (χ4v) is 3.22. The Bertz CT molecular complexity index is 382. The van der Waals surface area contributed by atoms with Crippen molar-refractivity contribution >= 4 is 30.1 Å². The maximum atomic E-state index is 12.0. The molecule has 1 saturated heterocycles. The van der Waals surface area contributed by atoms with E-state index in [2.05, 4.69) is 5.32 Å². The van der Waals surface area contributed by atoms with Crippen molar-refractivity contribution in [3.05, 3.63) is 35.9 Å². The first-order chi connectivity index (χ1) is 8.75. The molecule has 3 nitrogen and oxygen atoms in total. The Labute approximate surface area is 125 Å². The standard InChI is InChI=1S/C14H20N2OS.ClH/c15-13(10-11-4-2-1-3-5-11)14(17)16-12-6-8-18-9-7-12;/h1-5,12-13H,6-10,15H2,(H,16,17);1H/t13-;/m0./s1. The van der Waals surface area contributed by atoms with E-state index in [4.69, 9.17) is 5.73 Å². The monoisotopic (exact) mass is 300 g/mol. The van der Waals surface area contributed by atoms with Crippen molar-refractivity contribution < 1.29 is 4.79 Å². The molecule has 0 spiro atoms.